The standard InChI is InChI=1S/C17H20N4O4S/c1-20-6-8-21(9-7-20)13-2-5-17(18-11-13)19-26(22,23)14-3-4-15-16(10-14)25-12-24-15/h2-5,10-11H,6-9,12H2,1H3,(H,18,19). The Balaban J connectivity index is 1.48. The number of pyridine rings is 1. The van der Waals surface area contributed by atoms with Crippen LogP contribution < -0.4 is 19.1 Å². The first kappa shape index (κ1) is 16.9. The summed E-state index contributed by atoms with van der Waals surface area (Å²) in [5.74, 6) is 1.24. The first-order valence-electron chi connectivity index (χ1n) is 8.33. The van der Waals surface area contributed by atoms with E-state index in [9.17, 15) is 8.42 Å². The molecule has 0 bridgehead atoms. The molecule has 1 fully saturated rings. The predicted molar refractivity (Wildman–Crippen MR) is 97.3 cm³/mol. The topological polar surface area (TPSA) is 84.0 Å². The molecule has 4 rings (SSSR count). The number of ether oxygens (including phenoxy) is 2. The molecule has 26 heavy (non-hydrogen) atoms. The SMILES string of the molecule is CN1CCN(c2ccc(NS(=O)(=O)c3ccc4c(c3)OCO4)nc2)CC1. The zero-order chi connectivity index (χ0) is 18.1. The minimum Gasteiger partial charge on any atom is -0.454 e. The molecule has 138 valence electrons. The van der Waals surface area contributed by atoms with E-state index in [-0.39, 0.29) is 17.5 Å². The molecular formula is C17H20N4O4S. The number of benzene rings is 1. The highest BCUT2D eigenvalue weighted by Crippen LogP contribution is 2.34. The maximum absolute atomic E-state index is 12.6. The molecule has 1 aromatic carbocycles. The van der Waals surface area contributed by atoms with Crippen molar-refractivity contribution in [3.05, 3.63) is 36.5 Å². The summed E-state index contributed by atoms with van der Waals surface area (Å²) < 4.78 is 38.1. The van der Waals surface area contributed by atoms with Gasteiger partial charge in [0.25, 0.3) is 10.0 Å². The first-order valence-corrected chi connectivity index (χ1v) is 9.82. The van der Waals surface area contributed by atoms with Gasteiger partial charge in [-0.05, 0) is 31.3 Å². The van der Waals surface area contributed by atoms with Crippen molar-refractivity contribution < 1.29 is 17.9 Å². The van der Waals surface area contributed by atoms with Crippen LogP contribution >= 0.6 is 0 Å². The smallest absolute Gasteiger partial charge is 0.263 e. The van der Waals surface area contributed by atoms with Crippen LogP contribution in [0, 0.1) is 0 Å². The third-order valence-corrected chi connectivity index (χ3v) is 5.86. The van der Waals surface area contributed by atoms with Crippen molar-refractivity contribution in [3.8, 4) is 11.5 Å². The fraction of sp³-hybridized carbons (Fsp3) is 0.353. The summed E-state index contributed by atoms with van der Waals surface area (Å²) in [5, 5.41) is 0. The summed E-state index contributed by atoms with van der Waals surface area (Å²) in [6.45, 7) is 3.96. The van der Waals surface area contributed by atoms with Gasteiger partial charge in [-0.15, -0.1) is 0 Å². The number of piperazine rings is 1. The van der Waals surface area contributed by atoms with Gasteiger partial charge in [0.2, 0.25) is 6.79 Å². The van der Waals surface area contributed by atoms with Gasteiger partial charge in [0.15, 0.2) is 11.5 Å². The summed E-state index contributed by atoms with van der Waals surface area (Å²) in [7, 11) is -1.65. The van der Waals surface area contributed by atoms with E-state index in [0.717, 1.165) is 31.9 Å². The van der Waals surface area contributed by atoms with Gasteiger partial charge in [0.05, 0.1) is 16.8 Å². The lowest BCUT2D eigenvalue weighted by molar-refractivity contribution is 0.174. The van der Waals surface area contributed by atoms with E-state index in [1.165, 1.54) is 12.1 Å². The van der Waals surface area contributed by atoms with E-state index in [2.05, 4.69) is 26.6 Å². The Labute approximate surface area is 152 Å². The molecule has 9 heteroatoms. The van der Waals surface area contributed by atoms with Crippen LogP contribution in [-0.4, -0.2) is 58.3 Å². The van der Waals surface area contributed by atoms with Gasteiger partial charge in [-0.2, -0.15) is 0 Å². The quantitative estimate of drug-likeness (QED) is 0.863. The van der Waals surface area contributed by atoms with E-state index in [1.54, 1.807) is 18.3 Å². The van der Waals surface area contributed by atoms with Crippen LogP contribution in [0.25, 0.3) is 0 Å². The number of anilines is 2. The fourth-order valence-electron chi connectivity index (χ4n) is 2.94. The summed E-state index contributed by atoms with van der Waals surface area (Å²) in [4.78, 5) is 8.87. The number of fused-ring (bicyclic) bond motifs is 1. The Morgan fingerprint density at radius 3 is 2.54 bits per heavy atom. The molecule has 0 spiro atoms. The minimum atomic E-state index is -3.75. The van der Waals surface area contributed by atoms with E-state index in [0.29, 0.717) is 11.5 Å². The minimum absolute atomic E-state index is 0.0988. The summed E-state index contributed by atoms with van der Waals surface area (Å²) in [6, 6.07) is 8.08. The average molecular weight is 376 g/mol. The van der Waals surface area contributed by atoms with Crippen LogP contribution in [0.5, 0.6) is 11.5 Å². The molecule has 0 unspecified atom stereocenters. The van der Waals surface area contributed by atoms with Crippen molar-refractivity contribution in [3.63, 3.8) is 0 Å². The third kappa shape index (κ3) is 3.40. The van der Waals surface area contributed by atoms with Gasteiger partial charge in [-0.1, -0.05) is 0 Å². The van der Waals surface area contributed by atoms with Gasteiger partial charge in [-0.25, -0.2) is 13.4 Å². The third-order valence-electron chi connectivity index (χ3n) is 4.51. The van der Waals surface area contributed by atoms with Gasteiger partial charge in [0.1, 0.15) is 5.82 Å². The highest BCUT2D eigenvalue weighted by molar-refractivity contribution is 7.92. The first-order chi connectivity index (χ1) is 12.5. The Bertz CT molecular complexity index is 893. The zero-order valence-corrected chi connectivity index (χ0v) is 15.2. The number of hydrogen-bond acceptors (Lipinski definition) is 7. The lowest BCUT2D eigenvalue weighted by Gasteiger charge is -2.33. The van der Waals surface area contributed by atoms with Gasteiger partial charge in [0, 0.05) is 32.2 Å². The molecule has 2 aliphatic heterocycles. The molecule has 0 amide bonds. The largest absolute Gasteiger partial charge is 0.454 e. The molecule has 2 aromatic rings. The number of nitrogens with one attached hydrogen (secondary N) is 1. The Kier molecular flexibility index (Phi) is 4.33. The highest BCUT2D eigenvalue weighted by Gasteiger charge is 2.21. The lowest BCUT2D eigenvalue weighted by atomic mass is 10.3. The molecule has 0 atom stereocenters. The molecule has 3 heterocycles. The zero-order valence-electron chi connectivity index (χ0n) is 14.4. The van der Waals surface area contributed by atoms with Crippen LogP contribution in [-0.2, 0) is 10.0 Å². The summed E-state index contributed by atoms with van der Waals surface area (Å²) >= 11 is 0. The summed E-state index contributed by atoms with van der Waals surface area (Å²) in [6.07, 6.45) is 1.70. The number of aromatic nitrogens is 1. The molecule has 1 aromatic heterocycles. The molecule has 8 nitrogen and oxygen atoms in total. The second-order valence-corrected chi connectivity index (χ2v) is 7.99. The van der Waals surface area contributed by atoms with Crippen LogP contribution in [0.15, 0.2) is 41.4 Å². The van der Waals surface area contributed by atoms with Crippen LogP contribution in [0.3, 0.4) is 0 Å². The predicted octanol–water partition coefficient (Wildman–Crippen LogP) is 1.36. The van der Waals surface area contributed by atoms with Crippen molar-refractivity contribution in [1.29, 1.82) is 0 Å². The normalized spacial score (nSPS) is 17.3. The number of hydrogen-bond donors (Lipinski definition) is 1. The molecule has 1 N–H and O–H groups in total. The van der Waals surface area contributed by atoms with Crippen molar-refractivity contribution >= 4 is 21.5 Å². The fourth-order valence-corrected chi connectivity index (χ4v) is 3.96. The molecule has 0 aliphatic carbocycles. The lowest BCUT2D eigenvalue weighted by Crippen LogP contribution is -2.44. The Morgan fingerprint density at radius 1 is 1.04 bits per heavy atom. The van der Waals surface area contributed by atoms with E-state index in [4.69, 9.17) is 9.47 Å². The summed E-state index contributed by atoms with van der Waals surface area (Å²) in [5.41, 5.74) is 0.990. The second kappa shape index (κ2) is 6.65. The van der Waals surface area contributed by atoms with Gasteiger partial charge >= 0.3 is 0 Å². The van der Waals surface area contributed by atoms with E-state index in [1.807, 2.05) is 6.07 Å². The van der Waals surface area contributed by atoms with Gasteiger partial charge < -0.3 is 19.3 Å². The van der Waals surface area contributed by atoms with Crippen LogP contribution in [0.2, 0.25) is 0 Å². The molecule has 2 aliphatic rings. The van der Waals surface area contributed by atoms with E-state index < -0.39 is 10.0 Å². The molecule has 1 saturated heterocycles. The number of sulfonamides is 1. The van der Waals surface area contributed by atoms with Crippen molar-refractivity contribution in [2.45, 2.75) is 4.90 Å². The van der Waals surface area contributed by atoms with E-state index >= 15 is 0 Å². The van der Waals surface area contributed by atoms with Crippen LogP contribution in [0.4, 0.5) is 11.5 Å². The average Bonchev–Trinajstić information content (AvgIpc) is 3.11. The van der Waals surface area contributed by atoms with Crippen molar-refractivity contribution in [1.82, 2.24) is 9.88 Å². The van der Waals surface area contributed by atoms with Crippen LogP contribution in [0.1, 0.15) is 0 Å². The maximum atomic E-state index is 12.6. The Hall–Kier alpha value is -2.52. The molecule has 0 radical (unpaired) electrons. The second-order valence-electron chi connectivity index (χ2n) is 6.31. The number of likely N-dealkylation sites (N-methyl/N-ethyl adjacent to an activating group) is 1. The van der Waals surface area contributed by atoms with Crippen molar-refractivity contribution in [2.24, 2.45) is 0 Å². The maximum Gasteiger partial charge on any atom is 0.263 e. The molecular weight excluding hydrogens is 356 g/mol. The van der Waals surface area contributed by atoms with Crippen molar-refractivity contribution in [2.75, 3.05) is 49.6 Å². The Morgan fingerprint density at radius 2 is 1.81 bits per heavy atom. The van der Waals surface area contributed by atoms with Gasteiger partial charge in [-0.3, -0.25) is 4.72 Å². The number of rotatable bonds is 4. The highest BCUT2D eigenvalue weighted by atomic mass is 32.2. The molecule has 0 saturated carbocycles. The number of nitrogens with zero attached hydrogens (tertiary/aromatic N) is 3. The monoisotopic (exact) mass is 376 g/mol.